The predicted molar refractivity (Wildman–Crippen MR) is 87.3 cm³/mol. The van der Waals surface area contributed by atoms with E-state index >= 15 is 0 Å². The van der Waals surface area contributed by atoms with E-state index in [9.17, 15) is 13.2 Å². The summed E-state index contributed by atoms with van der Waals surface area (Å²) in [6.07, 6.45) is 0. The molecular weight excluding hydrogens is 340 g/mol. The molecule has 0 unspecified atom stereocenters. The summed E-state index contributed by atoms with van der Waals surface area (Å²) in [7, 11) is -3.14. The van der Waals surface area contributed by atoms with Gasteiger partial charge in [-0.3, -0.25) is 14.6 Å². The van der Waals surface area contributed by atoms with Crippen molar-refractivity contribution in [1.29, 1.82) is 0 Å². The molecule has 0 aromatic heterocycles. The van der Waals surface area contributed by atoms with Gasteiger partial charge in [-0.15, -0.1) is 0 Å². The molecule has 1 N–H and O–H groups in total. The van der Waals surface area contributed by atoms with E-state index in [0.717, 1.165) is 5.56 Å². The fourth-order valence-corrected chi connectivity index (χ4v) is 5.75. The Bertz CT molecular complexity index is 709. The van der Waals surface area contributed by atoms with Gasteiger partial charge in [-0.05, 0) is 11.6 Å². The maximum absolute atomic E-state index is 12.1. The number of carbonyl (C=O) groups is 1. The van der Waals surface area contributed by atoms with Gasteiger partial charge in [-0.1, -0.05) is 29.8 Å². The van der Waals surface area contributed by atoms with Gasteiger partial charge in [0.05, 0.1) is 18.1 Å². The third-order valence-electron chi connectivity index (χ3n) is 4.58. The van der Waals surface area contributed by atoms with Crippen LogP contribution in [-0.2, 0) is 21.2 Å². The van der Waals surface area contributed by atoms with Crippen molar-refractivity contribution >= 4 is 27.4 Å². The average Bonchev–Trinajstić information content (AvgIpc) is 2.79. The Labute approximate surface area is 140 Å². The number of aliphatic carboxylic acids is 1. The van der Waals surface area contributed by atoms with Crippen molar-refractivity contribution in [3.8, 4) is 0 Å². The van der Waals surface area contributed by atoms with Crippen LogP contribution in [0.5, 0.6) is 0 Å². The number of piperazine rings is 1. The zero-order valence-electron chi connectivity index (χ0n) is 12.6. The first kappa shape index (κ1) is 16.7. The molecule has 2 heterocycles. The van der Waals surface area contributed by atoms with E-state index < -0.39 is 15.8 Å². The highest BCUT2D eigenvalue weighted by molar-refractivity contribution is 7.91. The van der Waals surface area contributed by atoms with Gasteiger partial charge in [0.25, 0.3) is 0 Å². The van der Waals surface area contributed by atoms with E-state index in [1.807, 2.05) is 24.3 Å². The molecule has 8 heteroatoms. The monoisotopic (exact) mass is 358 g/mol. The zero-order chi connectivity index (χ0) is 16.6. The van der Waals surface area contributed by atoms with Crippen LogP contribution in [-0.4, -0.2) is 72.5 Å². The molecule has 2 saturated heterocycles. The number of halogens is 1. The highest BCUT2D eigenvalue weighted by Crippen LogP contribution is 2.29. The molecule has 0 bridgehead atoms. The van der Waals surface area contributed by atoms with Crippen LogP contribution >= 0.6 is 11.6 Å². The average molecular weight is 359 g/mol. The first-order valence-electron chi connectivity index (χ1n) is 7.49. The summed E-state index contributed by atoms with van der Waals surface area (Å²) in [4.78, 5) is 14.9. The van der Waals surface area contributed by atoms with E-state index in [2.05, 4.69) is 4.90 Å². The summed E-state index contributed by atoms with van der Waals surface area (Å²) in [5.41, 5.74) is 0.962. The normalized spacial score (nSPS) is 27.7. The second-order valence-corrected chi connectivity index (χ2v) is 8.70. The zero-order valence-corrected chi connectivity index (χ0v) is 14.1. The lowest BCUT2D eigenvalue weighted by Crippen LogP contribution is -2.59. The Morgan fingerprint density at radius 2 is 1.78 bits per heavy atom. The van der Waals surface area contributed by atoms with Crippen molar-refractivity contribution in [2.24, 2.45) is 0 Å². The lowest BCUT2D eigenvalue weighted by Gasteiger charge is -2.43. The Kier molecular flexibility index (Phi) is 4.64. The number of hydrogen-bond donors (Lipinski definition) is 1. The third kappa shape index (κ3) is 3.68. The van der Waals surface area contributed by atoms with Crippen LogP contribution in [0.25, 0.3) is 0 Å². The molecular formula is C15H19ClN2O4S. The topological polar surface area (TPSA) is 77.9 Å². The number of carboxylic acid groups (broad SMARTS) is 1. The molecule has 2 aliphatic rings. The molecule has 3 rings (SSSR count). The molecule has 0 radical (unpaired) electrons. The largest absolute Gasteiger partial charge is 0.480 e. The van der Waals surface area contributed by atoms with Gasteiger partial charge >= 0.3 is 5.97 Å². The smallest absolute Gasteiger partial charge is 0.317 e. The van der Waals surface area contributed by atoms with E-state index in [1.165, 1.54) is 0 Å². The summed E-state index contributed by atoms with van der Waals surface area (Å²) >= 11 is 6.21. The Balaban J connectivity index is 1.81. The first-order chi connectivity index (χ1) is 10.9. The Morgan fingerprint density at radius 1 is 1.17 bits per heavy atom. The molecule has 0 saturated carbocycles. The second-order valence-electron chi connectivity index (χ2n) is 6.14. The van der Waals surface area contributed by atoms with E-state index in [1.54, 1.807) is 4.90 Å². The number of carboxylic acids is 1. The maximum atomic E-state index is 12.1. The summed E-state index contributed by atoms with van der Waals surface area (Å²) in [5.74, 6) is -0.810. The van der Waals surface area contributed by atoms with Crippen molar-refractivity contribution < 1.29 is 18.3 Å². The van der Waals surface area contributed by atoms with Crippen molar-refractivity contribution in [3.05, 3.63) is 34.9 Å². The molecule has 0 spiro atoms. The second kappa shape index (κ2) is 6.39. The van der Waals surface area contributed by atoms with Gasteiger partial charge < -0.3 is 5.11 Å². The number of rotatable bonds is 4. The fraction of sp³-hybridized carbons (Fsp3) is 0.533. The summed E-state index contributed by atoms with van der Waals surface area (Å²) in [6, 6.07) is 7.09. The Morgan fingerprint density at radius 3 is 2.43 bits per heavy atom. The number of fused-ring (bicyclic) bond motifs is 1. The maximum Gasteiger partial charge on any atom is 0.317 e. The quantitative estimate of drug-likeness (QED) is 0.854. The summed E-state index contributed by atoms with van der Waals surface area (Å²) in [5, 5.41) is 9.70. The van der Waals surface area contributed by atoms with Crippen LogP contribution in [0.3, 0.4) is 0 Å². The predicted octanol–water partition coefficient (Wildman–Crippen LogP) is 0.708. The van der Waals surface area contributed by atoms with Gasteiger partial charge in [-0.25, -0.2) is 8.42 Å². The third-order valence-corrected chi connectivity index (χ3v) is 6.64. The van der Waals surface area contributed by atoms with Crippen LogP contribution in [0.1, 0.15) is 5.56 Å². The van der Waals surface area contributed by atoms with Gasteiger partial charge in [0.15, 0.2) is 9.84 Å². The SMILES string of the molecule is O=C(O)CN1CCN(Cc2ccccc2Cl)[C@H]2CS(=O)(=O)C[C@H]21. The molecule has 23 heavy (non-hydrogen) atoms. The molecule has 0 aliphatic carbocycles. The van der Waals surface area contributed by atoms with Crippen molar-refractivity contribution in [1.82, 2.24) is 9.80 Å². The lowest BCUT2D eigenvalue weighted by atomic mass is 10.0. The number of hydrogen-bond acceptors (Lipinski definition) is 5. The summed E-state index contributed by atoms with van der Waals surface area (Å²) < 4.78 is 24.1. The molecule has 2 atom stereocenters. The molecule has 1 aromatic carbocycles. The van der Waals surface area contributed by atoms with Gasteiger partial charge in [-0.2, -0.15) is 0 Å². The van der Waals surface area contributed by atoms with Crippen LogP contribution in [0, 0.1) is 0 Å². The minimum Gasteiger partial charge on any atom is -0.480 e. The van der Waals surface area contributed by atoms with Crippen LogP contribution in [0.15, 0.2) is 24.3 Å². The van der Waals surface area contributed by atoms with Crippen molar-refractivity contribution in [2.45, 2.75) is 18.6 Å². The molecule has 1 aromatic rings. The molecule has 126 valence electrons. The van der Waals surface area contributed by atoms with Crippen molar-refractivity contribution in [3.63, 3.8) is 0 Å². The van der Waals surface area contributed by atoms with E-state index in [4.69, 9.17) is 16.7 Å². The number of sulfone groups is 1. The minimum atomic E-state index is -3.14. The highest BCUT2D eigenvalue weighted by Gasteiger charge is 2.46. The fourth-order valence-electron chi connectivity index (χ4n) is 3.51. The lowest BCUT2D eigenvalue weighted by molar-refractivity contribution is -0.139. The van der Waals surface area contributed by atoms with Gasteiger partial charge in [0.1, 0.15) is 0 Å². The van der Waals surface area contributed by atoms with Crippen LogP contribution < -0.4 is 0 Å². The summed E-state index contributed by atoms with van der Waals surface area (Å²) in [6.45, 7) is 1.65. The molecule has 6 nitrogen and oxygen atoms in total. The standard InChI is InChI=1S/C15H19ClN2O4S/c16-12-4-2-1-3-11(12)7-17-5-6-18(8-15(19)20)14-10-23(21,22)9-13(14)17/h1-4,13-14H,5-10H2,(H,19,20)/t13-,14+/m0/s1. The first-order valence-corrected chi connectivity index (χ1v) is 9.69. The van der Waals surface area contributed by atoms with E-state index in [-0.39, 0.29) is 30.1 Å². The van der Waals surface area contributed by atoms with Gasteiger partial charge in [0.2, 0.25) is 0 Å². The highest BCUT2D eigenvalue weighted by atomic mass is 35.5. The number of benzene rings is 1. The molecule has 2 aliphatic heterocycles. The van der Waals surface area contributed by atoms with Crippen LogP contribution in [0.4, 0.5) is 0 Å². The van der Waals surface area contributed by atoms with Crippen LogP contribution in [0.2, 0.25) is 5.02 Å². The Hall–Kier alpha value is -1.15. The van der Waals surface area contributed by atoms with Gasteiger partial charge in [0, 0.05) is 36.7 Å². The molecule has 0 amide bonds. The van der Waals surface area contributed by atoms with Crippen molar-refractivity contribution in [2.75, 3.05) is 31.1 Å². The van der Waals surface area contributed by atoms with E-state index in [0.29, 0.717) is 24.7 Å². The molecule has 2 fully saturated rings. The number of nitrogens with zero attached hydrogens (tertiary/aromatic N) is 2. The minimum absolute atomic E-state index is 0.0317.